The first-order valence-corrected chi connectivity index (χ1v) is 12.7. The molecule has 0 spiro atoms. The van der Waals surface area contributed by atoms with Crippen LogP contribution in [0.5, 0.6) is 0 Å². The van der Waals surface area contributed by atoms with Crippen LogP contribution < -0.4 is 0 Å². The number of thioether (sulfide) groups is 1. The van der Waals surface area contributed by atoms with E-state index in [2.05, 4.69) is 42.7 Å². The van der Waals surface area contributed by atoms with Gasteiger partial charge in [-0.3, -0.25) is 0 Å². The molecule has 1 aliphatic rings. The molecule has 6 nitrogen and oxygen atoms in total. The minimum Gasteiger partial charge on any atom is -0.379 e. The summed E-state index contributed by atoms with van der Waals surface area (Å²) < 4.78 is 35.0. The highest BCUT2D eigenvalue weighted by atomic mass is 32.2. The van der Waals surface area contributed by atoms with Gasteiger partial charge in [-0.15, -0.1) is 11.8 Å². The Morgan fingerprint density at radius 3 is 2.67 bits per heavy atom. The van der Waals surface area contributed by atoms with E-state index in [1.54, 1.807) is 23.9 Å². The zero-order chi connectivity index (χ0) is 21.1. The molecule has 0 unspecified atom stereocenters. The molecule has 0 saturated carbocycles. The van der Waals surface area contributed by atoms with Crippen molar-refractivity contribution < 1.29 is 13.2 Å². The first-order chi connectivity index (χ1) is 14.5. The zero-order valence-electron chi connectivity index (χ0n) is 17.4. The summed E-state index contributed by atoms with van der Waals surface area (Å²) in [6.07, 6.45) is 0.987. The van der Waals surface area contributed by atoms with Crippen LogP contribution in [0.4, 0.5) is 0 Å². The molecule has 160 valence electrons. The lowest BCUT2D eigenvalue weighted by molar-refractivity contribution is 0.0730. The van der Waals surface area contributed by atoms with E-state index in [0.29, 0.717) is 31.2 Å². The van der Waals surface area contributed by atoms with E-state index in [0.717, 1.165) is 35.6 Å². The van der Waals surface area contributed by atoms with Gasteiger partial charge < -0.3 is 9.30 Å². The molecule has 0 atom stereocenters. The fraction of sp³-hybridized carbons (Fsp3) is 0.409. The molecule has 0 amide bonds. The number of morpholine rings is 1. The number of ether oxygens (including phenoxy) is 1. The summed E-state index contributed by atoms with van der Waals surface area (Å²) in [6.45, 7) is 6.75. The van der Waals surface area contributed by atoms with Gasteiger partial charge in [0.15, 0.2) is 0 Å². The monoisotopic (exact) mass is 445 g/mol. The third-order valence-corrected chi connectivity index (χ3v) is 8.10. The van der Waals surface area contributed by atoms with E-state index >= 15 is 0 Å². The molecule has 3 aromatic rings. The van der Waals surface area contributed by atoms with E-state index in [1.165, 1.54) is 14.8 Å². The maximum atomic E-state index is 13.0. The quantitative estimate of drug-likeness (QED) is 0.513. The van der Waals surface area contributed by atoms with Crippen molar-refractivity contribution in [3.8, 4) is 0 Å². The number of benzene rings is 2. The Morgan fingerprint density at radius 2 is 1.93 bits per heavy atom. The van der Waals surface area contributed by atoms with Gasteiger partial charge in [0, 0.05) is 24.5 Å². The molecular weight excluding hydrogens is 418 g/mol. The van der Waals surface area contributed by atoms with Crippen LogP contribution in [0.3, 0.4) is 0 Å². The molecule has 0 radical (unpaired) electrons. The lowest BCUT2D eigenvalue weighted by atomic mass is 10.2. The topological polar surface area (TPSA) is 64.4 Å². The Kier molecular flexibility index (Phi) is 6.48. The molecular formula is C22H27N3O3S2. The van der Waals surface area contributed by atoms with Gasteiger partial charge in [-0.05, 0) is 43.7 Å². The highest BCUT2D eigenvalue weighted by molar-refractivity contribution is 7.98. The minimum absolute atomic E-state index is 0.302. The second kappa shape index (κ2) is 9.09. The standard InChI is InChI=1S/C22H27N3O3S2/c1-3-9-25-21-8-7-19(30(26,27)24-10-12-28-13-11-24)15-20(21)23-22(25)16-29-18-6-4-5-17(2)14-18/h4-8,14-15H,3,9-13,16H2,1-2H3. The van der Waals surface area contributed by atoms with E-state index in [9.17, 15) is 8.42 Å². The smallest absolute Gasteiger partial charge is 0.243 e. The van der Waals surface area contributed by atoms with Gasteiger partial charge in [-0.2, -0.15) is 4.31 Å². The van der Waals surface area contributed by atoms with Gasteiger partial charge >= 0.3 is 0 Å². The third-order valence-electron chi connectivity index (χ3n) is 5.21. The maximum absolute atomic E-state index is 13.0. The van der Waals surface area contributed by atoms with Crippen LogP contribution in [-0.4, -0.2) is 48.6 Å². The summed E-state index contributed by atoms with van der Waals surface area (Å²) in [5.41, 5.74) is 2.95. The summed E-state index contributed by atoms with van der Waals surface area (Å²) in [4.78, 5) is 6.33. The molecule has 2 aromatic carbocycles. The number of nitrogens with zero attached hydrogens (tertiary/aromatic N) is 3. The van der Waals surface area contributed by atoms with Crippen molar-refractivity contribution in [3.05, 3.63) is 53.9 Å². The fourth-order valence-electron chi connectivity index (χ4n) is 3.69. The summed E-state index contributed by atoms with van der Waals surface area (Å²) >= 11 is 1.75. The van der Waals surface area contributed by atoms with Crippen LogP contribution >= 0.6 is 11.8 Å². The van der Waals surface area contributed by atoms with Crippen molar-refractivity contribution in [2.75, 3.05) is 26.3 Å². The molecule has 4 rings (SSSR count). The maximum Gasteiger partial charge on any atom is 0.243 e. The number of imidazole rings is 1. The normalized spacial score (nSPS) is 15.7. The van der Waals surface area contributed by atoms with Gasteiger partial charge in [0.2, 0.25) is 10.0 Å². The first-order valence-electron chi connectivity index (χ1n) is 10.3. The first kappa shape index (κ1) is 21.4. The number of fused-ring (bicyclic) bond motifs is 1. The molecule has 0 bridgehead atoms. The Bertz CT molecular complexity index is 1140. The molecule has 8 heteroatoms. The minimum atomic E-state index is -3.53. The average Bonchev–Trinajstić information content (AvgIpc) is 3.10. The van der Waals surface area contributed by atoms with Gasteiger partial charge in [-0.1, -0.05) is 24.6 Å². The van der Waals surface area contributed by atoms with E-state index < -0.39 is 10.0 Å². The number of hydrogen-bond acceptors (Lipinski definition) is 5. The predicted octanol–water partition coefficient (Wildman–Crippen LogP) is 4.07. The van der Waals surface area contributed by atoms with E-state index in [1.807, 2.05) is 6.07 Å². The van der Waals surface area contributed by atoms with Crippen LogP contribution in [-0.2, 0) is 27.1 Å². The van der Waals surface area contributed by atoms with Crippen LogP contribution in [0.2, 0.25) is 0 Å². The van der Waals surface area contributed by atoms with Gasteiger partial charge in [0.25, 0.3) is 0 Å². The lowest BCUT2D eigenvalue weighted by Gasteiger charge is -2.26. The van der Waals surface area contributed by atoms with Gasteiger partial charge in [0.1, 0.15) is 5.82 Å². The highest BCUT2D eigenvalue weighted by Gasteiger charge is 2.27. The summed E-state index contributed by atoms with van der Waals surface area (Å²) in [5.74, 6) is 1.71. The Balaban J connectivity index is 1.65. The van der Waals surface area contributed by atoms with E-state index in [4.69, 9.17) is 9.72 Å². The summed E-state index contributed by atoms with van der Waals surface area (Å²) in [7, 11) is -3.53. The fourth-order valence-corrected chi connectivity index (χ4v) is 6.08. The van der Waals surface area contributed by atoms with Crippen LogP contribution in [0.25, 0.3) is 11.0 Å². The Labute approximate surface area is 182 Å². The SMILES string of the molecule is CCCn1c(CSc2cccc(C)c2)nc2cc(S(=O)(=O)N3CCOCC3)ccc21. The van der Waals surface area contributed by atoms with Crippen molar-refractivity contribution >= 4 is 32.8 Å². The molecule has 0 aliphatic carbocycles. The van der Waals surface area contributed by atoms with Crippen molar-refractivity contribution in [1.29, 1.82) is 0 Å². The Hall–Kier alpha value is -1.87. The Morgan fingerprint density at radius 1 is 1.13 bits per heavy atom. The van der Waals surface area contributed by atoms with Crippen LogP contribution in [0.1, 0.15) is 24.7 Å². The number of aryl methyl sites for hydroxylation is 2. The largest absolute Gasteiger partial charge is 0.379 e. The number of sulfonamides is 1. The molecule has 2 heterocycles. The molecule has 1 aliphatic heterocycles. The van der Waals surface area contributed by atoms with Crippen molar-refractivity contribution in [2.24, 2.45) is 0 Å². The molecule has 30 heavy (non-hydrogen) atoms. The number of hydrogen-bond donors (Lipinski definition) is 0. The van der Waals surface area contributed by atoms with Gasteiger partial charge in [-0.25, -0.2) is 13.4 Å². The van der Waals surface area contributed by atoms with Crippen LogP contribution in [0, 0.1) is 6.92 Å². The highest BCUT2D eigenvalue weighted by Crippen LogP contribution is 2.28. The summed E-state index contributed by atoms with van der Waals surface area (Å²) in [6, 6.07) is 13.8. The second-order valence-electron chi connectivity index (χ2n) is 7.45. The molecule has 1 saturated heterocycles. The molecule has 1 fully saturated rings. The average molecular weight is 446 g/mol. The molecule has 1 aromatic heterocycles. The number of rotatable bonds is 7. The van der Waals surface area contributed by atoms with Crippen LogP contribution in [0.15, 0.2) is 52.3 Å². The van der Waals surface area contributed by atoms with Crippen molar-refractivity contribution in [2.45, 2.75) is 42.4 Å². The third kappa shape index (κ3) is 4.42. The lowest BCUT2D eigenvalue weighted by Crippen LogP contribution is -2.40. The predicted molar refractivity (Wildman–Crippen MR) is 120 cm³/mol. The van der Waals surface area contributed by atoms with E-state index in [-0.39, 0.29) is 0 Å². The summed E-state index contributed by atoms with van der Waals surface area (Å²) in [5, 5.41) is 0. The second-order valence-corrected chi connectivity index (χ2v) is 10.4. The zero-order valence-corrected chi connectivity index (χ0v) is 19.0. The molecule has 0 N–H and O–H groups in total. The van der Waals surface area contributed by atoms with Crippen molar-refractivity contribution in [3.63, 3.8) is 0 Å². The van der Waals surface area contributed by atoms with Crippen molar-refractivity contribution in [1.82, 2.24) is 13.9 Å². The van der Waals surface area contributed by atoms with Gasteiger partial charge in [0.05, 0.1) is 34.9 Å². The number of aromatic nitrogens is 2.